The van der Waals surface area contributed by atoms with Crippen LogP contribution >= 0.6 is 0 Å². The average Bonchev–Trinajstić information content (AvgIpc) is 2.95. The molecule has 0 radical (unpaired) electrons. The van der Waals surface area contributed by atoms with E-state index in [-0.39, 0.29) is 30.8 Å². The maximum atomic E-state index is 12.8. The molecule has 0 bridgehead atoms. The summed E-state index contributed by atoms with van der Waals surface area (Å²) in [5.74, 6) is 0.0741. The second-order valence-corrected chi connectivity index (χ2v) is 11.5. The number of aliphatic hydroxyl groups is 2. The van der Waals surface area contributed by atoms with Crippen LogP contribution in [0.1, 0.15) is 97.3 Å². The Kier molecular flexibility index (Phi) is 16.3. The number of rotatable bonds is 16. The molecule has 0 aliphatic heterocycles. The molecule has 0 spiro atoms. The van der Waals surface area contributed by atoms with Gasteiger partial charge in [0.2, 0.25) is 0 Å². The Bertz CT molecular complexity index is 962. The number of Topliss-reactive ketones (excluding diaryl/α,β-unsaturated/α-hetero) is 1. The molecule has 0 amide bonds. The van der Waals surface area contributed by atoms with Crippen molar-refractivity contribution in [3.05, 3.63) is 47.6 Å². The molecule has 6 N–H and O–H groups in total. The number of aliphatic hydroxyl groups excluding tert-OH is 2. The zero-order valence-corrected chi connectivity index (χ0v) is 25.1. The number of nitrogens with one attached hydrogen (secondary N) is 1. The van der Waals surface area contributed by atoms with E-state index in [0.29, 0.717) is 43.1 Å². The minimum atomic E-state index is -1.07. The predicted octanol–water partition coefficient (Wildman–Crippen LogP) is 5.22. The summed E-state index contributed by atoms with van der Waals surface area (Å²) in [6, 6.07) is -1.07. The second-order valence-electron chi connectivity index (χ2n) is 11.5. The normalized spacial score (nSPS) is 23.9. The van der Waals surface area contributed by atoms with Gasteiger partial charge in [0.1, 0.15) is 6.04 Å². The summed E-state index contributed by atoms with van der Waals surface area (Å²) in [6.45, 7) is 4.37. The number of carbonyl (C=O) groups is 2. The lowest BCUT2D eigenvalue weighted by Crippen LogP contribution is -2.43. The van der Waals surface area contributed by atoms with Crippen LogP contribution < -0.4 is 11.1 Å². The molecule has 2 aliphatic carbocycles. The van der Waals surface area contributed by atoms with Crippen molar-refractivity contribution in [1.29, 1.82) is 0 Å². The molecule has 2 fully saturated rings. The molecule has 2 aliphatic rings. The molecule has 2 rings (SSSR count). The van der Waals surface area contributed by atoms with Crippen molar-refractivity contribution in [2.45, 2.75) is 109 Å². The van der Waals surface area contributed by atoms with Gasteiger partial charge in [-0.15, -0.1) is 0 Å². The number of hydrogen-bond donors (Lipinski definition) is 5. The fourth-order valence-corrected chi connectivity index (χ4v) is 5.98. The van der Waals surface area contributed by atoms with Crippen LogP contribution in [0.2, 0.25) is 0 Å². The summed E-state index contributed by atoms with van der Waals surface area (Å²) < 4.78 is 0. The summed E-state index contributed by atoms with van der Waals surface area (Å²) in [4.78, 5) is 29.1. The maximum absolute atomic E-state index is 12.8. The first-order chi connectivity index (χ1) is 19.8. The average molecular weight is 572 g/mol. The van der Waals surface area contributed by atoms with Crippen LogP contribution in [0.5, 0.6) is 0 Å². The van der Waals surface area contributed by atoms with Crippen LogP contribution in [0.15, 0.2) is 52.6 Å². The van der Waals surface area contributed by atoms with E-state index in [1.54, 1.807) is 12.2 Å². The quantitative estimate of drug-likeness (QED) is 0.0426. The van der Waals surface area contributed by atoms with Gasteiger partial charge in [-0.2, -0.15) is 0 Å². The van der Waals surface area contributed by atoms with Crippen molar-refractivity contribution in [1.82, 2.24) is 5.32 Å². The van der Waals surface area contributed by atoms with Crippen LogP contribution in [0.25, 0.3) is 0 Å². The molecule has 0 aromatic rings. The van der Waals surface area contributed by atoms with Crippen molar-refractivity contribution in [3.8, 4) is 0 Å². The van der Waals surface area contributed by atoms with E-state index >= 15 is 0 Å². The van der Waals surface area contributed by atoms with Gasteiger partial charge in [-0.05, 0) is 74.9 Å². The number of carbonyl (C=O) groups excluding carboxylic acids is 1. The van der Waals surface area contributed by atoms with Gasteiger partial charge in [-0.3, -0.25) is 4.79 Å². The Labute approximate surface area is 246 Å². The van der Waals surface area contributed by atoms with Crippen LogP contribution in [-0.4, -0.2) is 58.3 Å². The Morgan fingerprint density at radius 2 is 1.93 bits per heavy atom. The van der Waals surface area contributed by atoms with E-state index in [1.807, 2.05) is 13.0 Å². The number of ketones is 1. The van der Waals surface area contributed by atoms with E-state index in [2.05, 4.69) is 35.5 Å². The number of hydrogen-bond acceptors (Lipinski definition) is 5. The summed E-state index contributed by atoms with van der Waals surface area (Å²) >= 11 is 0. The van der Waals surface area contributed by atoms with E-state index < -0.39 is 18.1 Å². The molecule has 0 aromatic carbocycles. The van der Waals surface area contributed by atoms with Gasteiger partial charge in [-0.25, -0.2) is 9.79 Å². The summed E-state index contributed by atoms with van der Waals surface area (Å²) in [5, 5.41) is 32.4. The van der Waals surface area contributed by atoms with Crippen LogP contribution in [-0.2, 0) is 9.59 Å². The zero-order valence-electron chi connectivity index (χ0n) is 25.1. The number of allylic oxidation sites excluding steroid dienone is 5. The Morgan fingerprint density at radius 3 is 2.56 bits per heavy atom. The third kappa shape index (κ3) is 12.8. The molecule has 2 saturated carbocycles. The van der Waals surface area contributed by atoms with Crippen molar-refractivity contribution in [2.24, 2.45) is 28.5 Å². The molecule has 8 heteroatoms. The molecule has 41 heavy (non-hydrogen) atoms. The minimum absolute atomic E-state index is 0.0234. The van der Waals surface area contributed by atoms with E-state index in [1.165, 1.54) is 19.3 Å². The van der Waals surface area contributed by atoms with Gasteiger partial charge in [-0.1, -0.05) is 75.8 Å². The number of aliphatic carboxylic acids is 1. The first kappa shape index (κ1) is 34.5. The molecular weight excluding hydrogens is 518 g/mol. The van der Waals surface area contributed by atoms with Gasteiger partial charge >= 0.3 is 5.97 Å². The fraction of sp³-hybridized carbons (Fsp3) is 0.667. The first-order valence-electron chi connectivity index (χ1n) is 15.6. The molecule has 4 unspecified atom stereocenters. The fourth-order valence-electron chi connectivity index (χ4n) is 5.98. The number of nitrogens with zero attached hydrogens (tertiary/aromatic N) is 1. The van der Waals surface area contributed by atoms with Gasteiger partial charge in [0.15, 0.2) is 11.7 Å². The first-order valence-corrected chi connectivity index (χ1v) is 15.6. The van der Waals surface area contributed by atoms with Crippen molar-refractivity contribution in [2.75, 3.05) is 13.2 Å². The number of guanidine groups is 1. The van der Waals surface area contributed by atoms with E-state index in [0.717, 1.165) is 44.1 Å². The Morgan fingerprint density at radius 1 is 1.17 bits per heavy atom. The molecule has 230 valence electrons. The monoisotopic (exact) mass is 571 g/mol. The number of nitrogens with two attached hydrogens (primary N) is 1. The smallest absolute Gasteiger partial charge is 0.330 e. The number of aliphatic imine (C=N–C) groups is 1. The lowest BCUT2D eigenvalue weighted by atomic mass is 9.71. The summed E-state index contributed by atoms with van der Waals surface area (Å²) in [6.07, 6.45) is 22.8. The molecule has 0 heterocycles. The largest absolute Gasteiger partial charge is 0.479 e. The van der Waals surface area contributed by atoms with Crippen LogP contribution in [0.4, 0.5) is 0 Å². The highest BCUT2D eigenvalue weighted by Crippen LogP contribution is 2.38. The molecule has 0 aromatic heterocycles. The van der Waals surface area contributed by atoms with Gasteiger partial charge in [0.25, 0.3) is 0 Å². The van der Waals surface area contributed by atoms with Gasteiger partial charge < -0.3 is 26.4 Å². The highest BCUT2D eigenvalue weighted by molar-refractivity contribution is 5.97. The Hall–Kier alpha value is -2.71. The van der Waals surface area contributed by atoms with Crippen molar-refractivity contribution < 1.29 is 24.9 Å². The highest BCUT2D eigenvalue weighted by atomic mass is 16.4. The van der Waals surface area contributed by atoms with Crippen LogP contribution in [0.3, 0.4) is 0 Å². The summed E-state index contributed by atoms with van der Waals surface area (Å²) in [7, 11) is 0. The lowest BCUT2D eigenvalue weighted by molar-refractivity contribution is -0.137. The topological polar surface area (TPSA) is 145 Å². The number of carboxylic acids is 1. The maximum Gasteiger partial charge on any atom is 0.330 e. The van der Waals surface area contributed by atoms with E-state index in [4.69, 9.17) is 10.8 Å². The minimum Gasteiger partial charge on any atom is -0.479 e. The standard InChI is InChI=1S/C33H53N3O5/c1-3-12-24(4-2)14-11-15-25(13-7-6-10-20-37)21-29(32(40)41)36-33(34)35-19-18-28-30(38)22-27(23-31(28)39)26-16-8-5-9-17-26/h3,11-12,15,18,21,24,26-27,29-30,37-38H,4-10,13-14,16-17,19-20,22-23H2,1-2H3,(H,40,41)(H3,34,35,36). The van der Waals surface area contributed by atoms with Crippen molar-refractivity contribution >= 4 is 17.7 Å². The SMILES string of the molecule is CC=CC(CC)CC=CC(=CC(NC(N)=NCC=C1C(=O)CC(C2CCCCC2)CC1O)C(=O)O)CCCCCO. The van der Waals surface area contributed by atoms with Gasteiger partial charge in [0, 0.05) is 18.6 Å². The second kappa shape index (κ2) is 19.4. The lowest BCUT2D eigenvalue weighted by Gasteiger charge is -2.35. The third-order valence-corrected chi connectivity index (χ3v) is 8.38. The highest BCUT2D eigenvalue weighted by Gasteiger charge is 2.35. The summed E-state index contributed by atoms with van der Waals surface area (Å²) in [5.41, 5.74) is 7.32. The molecular formula is C33H53N3O5. The molecule has 0 saturated heterocycles. The van der Waals surface area contributed by atoms with Gasteiger partial charge in [0.05, 0.1) is 12.6 Å². The number of unbranched alkanes of at least 4 members (excludes halogenated alkanes) is 2. The van der Waals surface area contributed by atoms with Crippen LogP contribution in [0, 0.1) is 17.8 Å². The molecule has 8 nitrogen and oxygen atoms in total. The van der Waals surface area contributed by atoms with E-state index in [9.17, 15) is 19.8 Å². The Balaban J connectivity index is 2.04. The predicted molar refractivity (Wildman–Crippen MR) is 165 cm³/mol. The number of carboxylic acid groups (broad SMARTS) is 1. The third-order valence-electron chi connectivity index (χ3n) is 8.38. The molecule has 4 atom stereocenters. The zero-order chi connectivity index (χ0) is 30.0. The van der Waals surface area contributed by atoms with Crippen molar-refractivity contribution in [3.63, 3.8) is 0 Å².